The quantitative estimate of drug-likeness (QED) is 0.600. The average Bonchev–Trinajstić information content (AvgIpc) is 2.77. The maximum Gasteiger partial charge on any atom is 0.272 e. The third kappa shape index (κ3) is 5.31. The van der Waals surface area contributed by atoms with Gasteiger partial charge in [0.25, 0.3) is 5.91 Å². The predicted molar refractivity (Wildman–Crippen MR) is 116 cm³/mol. The summed E-state index contributed by atoms with van der Waals surface area (Å²) in [5.74, 6) is 1.74. The first-order valence-electron chi connectivity index (χ1n) is 9.71. The van der Waals surface area contributed by atoms with Crippen LogP contribution in [-0.4, -0.2) is 41.5 Å². The summed E-state index contributed by atoms with van der Waals surface area (Å²) in [5, 5.41) is 3.27. The van der Waals surface area contributed by atoms with Gasteiger partial charge in [-0.25, -0.2) is 9.97 Å². The molecule has 0 radical (unpaired) electrons. The zero-order chi connectivity index (χ0) is 20.6. The summed E-state index contributed by atoms with van der Waals surface area (Å²) in [6.07, 6.45) is 1.98. The van der Waals surface area contributed by atoms with Gasteiger partial charge in [0.05, 0.1) is 7.11 Å². The number of rotatable bonds is 8. The number of carbonyl (C=O) groups is 1. The van der Waals surface area contributed by atoms with Gasteiger partial charge in [-0.3, -0.25) is 4.79 Å². The molecule has 0 saturated heterocycles. The van der Waals surface area contributed by atoms with Crippen LogP contribution in [0.25, 0.3) is 11.4 Å². The number of nitrogens with zero attached hydrogens (tertiary/aromatic N) is 3. The molecule has 1 heterocycles. The largest absolute Gasteiger partial charge is 0.497 e. The zero-order valence-electron chi connectivity index (χ0n) is 17.1. The van der Waals surface area contributed by atoms with E-state index in [9.17, 15) is 4.79 Å². The van der Waals surface area contributed by atoms with E-state index in [-0.39, 0.29) is 5.91 Å². The fourth-order valence-electron chi connectivity index (χ4n) is 2.85. The van der Waals surface area contributed by atoms with Crippen molar-refractivity contribution in [3.63, 3.8) is 0 Å². The molecule has 6 nitrogen and oxygen atoms in total. The van der Waals surface area contributed by atoms with E-state index in [1.165, 1.54) is 0 Å². The van der Waals surface area contributed by atoms with Crippen molar-refractivity contribution in [1.82, 2.24) is 14.9 Å². The van der Waals surface area contributed by atoms with Gasteiger partial charge in [-0.05, 0) is 30.7 Å². The number of aromatic nitrogens is 2. The molecular formula is C23H26N4O2. The summed E-state index contributed by atoms with van der Waals surface area (Å²) >= 11 is 0. The summed E-state index contributed by atoms with van der Waals surface area (Å²) in [4.78, 5) is 23.8. The van der Waals surface area contributed by atoms with Crippen LogP contribution in [0.1, 0.15) is 30.3 Å². The molecule has 3 aromatic rings. The molecular weight excluding hydrogens is 364 g/mol. The Kier molecular flexibility index (Phi) is 6.79. The second-order valence-electron chi connectivity index (χ2n) is 6.76. The van der Waals surface area contributed by atoms with Gasteiger partial charge < -0.3 is 15.0 Å². The van der Waals surface area contributed by atoms with E-state index >= 15 is 0 Å². The van der Waals surface area contributed by atoms with Crippen LogP contribution in [0, 0.1) is 0 Å². The van der Waals surface area contributed by atoms with Crippen LogP contribution < -0.4 is 10.1 Å². The first-order chi connectivity index (χ1) is 14.1. The number of ether oxygens (including phenoxy) is 1. The fourth-order valence-corrected chi connectivity index (χ4v) is 2.85. The molecule has 0 atom stereocenters. The van der Waals surface area contributed by atoms with Crippen LogP contribution >= 0.6 is 0 Å². The predicted octanol–water partition coefficient (Wildman–Crippen LogP) is 4.77. The molecule has 0 spiro atoms. The Morgan fingerprint density at radius 2 is 1.79 bits per heavy atom. The minimum atomic E-state index is -0.115. The lowest BCUT2D eigenvalue weighted by Crippen LogP contribution is -2.28. The third-order valence-corrected chi connectivity index (χ3v) is 4.53. The van der Waals surface area contributed by atoms with Crippen molar-refractivity contribution in [2.24, 2.45) is 0 Å². The summed E-state index contributed by atoms with van der Waals surface area (Å²) in [6, 6.07) is 18.9. The minimum absolute atomic E-state index is 0.115. The summed E-state index contributed by atoms with van der Waals surface area (Å²) in [5.41, 5.74) is 2.07. The normalized spacial score (nSPS) is 10.4. The van der Waals surface area contributed by atoms with E-state index in [0.29, 0.717) is 23.9 Å². The minimum Gasteiger partial charge on any atom is -0.497 e. The molecule has 150 valence electrons. The van der Waals surface area contributed by atoms with Crippen molar-refractivity contribution in [2.75, 3.05) is 26.0 Å². The van der Waals surface area contributed by atoms with Crippen molar-refractivity contribution < 1.29 is 9.53 Å². The van der Waals surface area contributed by atoms with Crippen LogP contribution in [0.4, 0.5) is 11.5 Å². The number of methoxy groups -OCH3 is 1. The summed E-state index contributed by atoms with van der Waals surface area (Å²) in [6.45, 7) is 2.80. The molecule has 0 aliphatic rings. The van der Waals surface area contributed by atoms with Crippen LogP contribution in [0.3, 0.4) is 0 Å². The van der Waals surface area contributed by atoms with Crippen molar-refractivity contribution in [3.8, 4) is 17.1 Å². The topological polar surface area (TPSA) is 67.4 Å². The molecule has 6 heteroatoms. The Labute approximate surface area is 171 Å². The molecule has 29 heavy (non-hydrogen) atoms. The first kappa shape index (κ1) is 20.3. The molecule has 1 aromatic heterocycles. The number of nitrogens with one attached hydrogen (secondary N) is 1. The molecule has 0 aliphatic carbocycles. The molecule has 1 amide bonds. The van der Waals surface area contributed by atoms with E-state index in [1.807, 2.05) is 54.6 Å². The van der Waals surface area contributed by atoms with Gasteiger partial charge in [-0.1, -0.05) is 43.7 Å². The molecule has 0 aliphatic heterocycles. The highest BCUT2D eigenvalue weighted by Crippen LogP contribution is 2.23. The number of anilines is 2. The van der Waals surface area contributed by atoms with E-state index in [4.69, 9.17) is 4.74 Å². The molecule has 3 rings (SSSR count). The van der Waals surface area contributed by atoms with Crippen molar-refractivity contribution in [2.45, 2.75) is 19.8 Å². The van der Waals surface area contributed by atoms with Gasteiger partial charge in [-0.2, -0.15) is 0 Å². The number of unbranched alkanes of at least 4 members (excludes halogenated alkanes) is 1. The highest BCUT2D eigenvalue weighted by molar-refractivity contribution is 5.93. The smallest absolute Gasteiger partial charge is 0.272 e. The summed E-state index contributed by atoms with van der Waals surface area (Å²) < 4.78 is 5.20. The van der Waals surface area contributed by atoms with Gasteiger partial charge in [0.15, 0.2) is 5.82 Å². The second-order valence-corrected chi connectivity index (χ2v) is 6.76. The maximum absolute atomic E-state index is 12.9. The molecule has 0 fully saturated rings. The summed E-state index contributed by atoms with van der Waals surface area (Å²) in [7, 11) is 3.44. The van der Waals surface area contributed by atoms with E-state index in [0.717, 1.165) is 29.8 Å². The van der Waals surface area contributed by atoms with Crippen LogP contribution in [0.2, 0.25) is 0 Å². The van der Waals surface area contributed by atoms with E-state index < -0.39 is 0 Å². The first-order valence-corrected chi connectivity index (χ1v) is 9.71. The van der Waals surface area contributed by atoms with Gasteiger partial charge in [0, 0.05) is 30.9 Å². The lowest BCUT2D eigenvalue weighted by molar-refractivity contribution is 0.0787. The van der Waals surface area contributed by atoms with Gasteiger partial charge >= 0.3 is 0 Å². The third-order valence-electron chi connectivity index (χ3n) is 4.53. The van der Waals surface area contributed by atoms with E-state index in [2.05, 4.69) is 22.2 Å². The SMILES string of the molecule is CCCCN(C)C(=O)c1cc(Nc2ccc(OC)cc2)nc(-c2ccccc2)n1. The highest BCUT2D eigenvalue weighted by Gasteiger charge is 2.16. The van der Waals surface area contributed by atoms with Crippen molar-refractivity contribution in [3.05, 3.63) is 66.4 Å². The Hall–Kier alpha value is -3.41. The molecule has 1 N–H and O–H groups in total. The number of hydrogen-bond acceptors (Lipinski definition) is 5. The average molecular weight is 390 g/mol. The highest BCUT2D eigenvalue weighted by atomic mass is 16.5. The lowest BCUT2D eigenvalue weighted by Gasteiger charge is -2.17. The Morgan fingerprint density at radius 3 is 2.45 bits per heavy atom. The van der Waals surface area contributed by atoms with Gasteiger partial charge in [-0.15, -0.1) is 0 Å². The van der Waals surface area contributed by atoms with Gasteiger partial charge in [0.1, 0.15) is 17.3 Å². The number of amides is 1. The maximum atomic E-state index is 12.9. The van der Waals surface area contributed by atoms with Crippen LogP contribution in [0.15, 0.2) is 60.7 Å². The van der Waals surface area contributed by atoms with E-state index in [1.54, 1.807) is 25.1 Å². The molecule has 0 bridgehead atoms. The molecule has 2 aromatic carbocycles. The number of hydrogen-bond donors (Lipinski definition) is 1. The molecule has 0 saturated carbocycles. The number of benzene rings is 2. The monoisotopic (exact) mass is 390 g/mol. The van der Waals surface area contributed by atoms with Crippen LogP contribution in [-0.2, 0) is 0 Å². The van der Waals surface area contributed by atoms with Crippen molar-refractivity contribution >= 4 is 17.4 Å². The number of carbonyl (C=O) groups excluding carboxylic acids is 1. The lowest BCUT2D eigenvalue weighted by atomic mass is 10.2. The Balaban J connectivity index is 1.94. The van der Waals surface area contributed by atoms with Crippen LogP contribution in [0.5, 0.6) is 5.75 Å². The Morgan fingerprint density at radius 1 is 1.07 bits per heavy atom. The standard InChI is InChI=1S/C23H26N4O2/c1-4-5-15-27(2)23(28)20-16-21(24-18-11-13-19(29-3)14-12-18)26-22(25-20)17-9-7-6-8-10-17/h6-14,16H,4-5,15H2,1-3H3,(H,24,25,26). The second kappa shape index (κ2) is 9.68. The zero-order valence-corrected chi connectivity index (χ0v) is 17.1. The van der Waals surface area contributed by atoms with Gasteiger partial charge in [0.2, 0.25) is 0 Å². The fraction of sp³-hybridized carbons (Fsp3) is 0.261. The van der Waals surface area contributed by atoms with Crippen molar-refractivity contribution in [1.29, 1.82) is 0 Å². The Bertz CT molecular complexity index is 943. The molecule has 0 unspecified atom stereocenters.